The molecule has 2 N–H and O–H groups in total. The highest BCUT2D eigenvalue weighted by Gasteiger charge is 2.29. The van der Waals surface area contributed by atoms with E-state index in [9.17, 15) is 0 Å². The Morgan fingerprint density at radius 3 is 3.00 bits per heavy atom. The number of aromatic nitrogens is 1. The number of hydrogen-bond donors (Lipinski definition) is 1. The molecule has 2 atom stereocenters. The van der Waals surface area contributed by atoms with Gasteiger partial charge in [-0.3, -0.25) is 0 Å². The van der Waals surface area contributed by atoms with Crippen LogP contribution in [0.1, 0.15) is 26.2 Å². The van der Waals surface area contributed by atoms with Crippen molar-refractivity contribution in [2.45, 2.75) is 32.2 Å². The number of piperidine rings is 1. The molecule has 0 radical (unpaired) electrons. The van der Waals surface area contributed by atoms with Gasteiger partial charge in [0.25, 0.3) is 6.01 Å². The van der Waals surface area contributed by atoms with E-state index < -0.39 is 0 Å². The third-order valence-corrected chi connectivity index (χ3v) is 4.20. The molecule has 2 unspecified atom stereocenters. The minimum Gasteiger partial charge on any atom is -0.423 e. The van der Waals surface area contributed by atoms with Crippen LogP contribution in [0.4, 0.5) is 6.01 Å². The van der Waals surface area contributed by atoms with Crippen LogP contribution in [0.5, 0.6) is 0 Å². The molecule has 0 bridgehead atoms. The van der Waals surface area contributed by atoms with Gasteiger partial charge in [0, 0.05) is 19.1 Å². The number of oxazole rings is 1. The van der Waals surface area contributed by atoms with Gasteiger partial charge < -0.3 is 15.1 Å². The summed E-state index contributed by atoms with van der Waals surface area (Å²) in [6.07, 6.45) is 3.58. The van der Waals surface area contributed by atoms with Crippen molar-refractivity contribution >= 4 is 17.1 Å². The predicted octanol–water partition coefficient (Wildman–Crippen LogP) is 2.78. The van der Waals surface area contributed by atoms with E-state index in [2.05, 4.69) is 16.8 Å². The van der Waals surface area contributed by atoms with E-state index in [1.54, 1.807) is 0 Å². The van der Waals surface area contributed by atoms with Gasteiger partial charge in [-0.05, 0) is 30.9 Å². The number of hydrogen-bond acceptors (Lipinski definition) is 4. The number of nitrogens with zero attached hydrogens (tertiary/aromatic N) is 2. The Morgan fingerprint density at radius 2 is 2.26 bits per heavy atom. The highest BCUT2D eigenvalue weighted by molar-refractivity contribution is 5.74. The normalized spacial score (nSPS) is 24.0. The maximum Gasteiger partial charge on any atom is 0.298 e. The fraction of sp³-hybridized carbons (Fsp3) is 0.533. The van der Waals surface area contributed by atoms with Gasteiger partial charge in [0.1, 0.15) is 5.52 Å². The van der Waals surface area contributed by atoms with Crippen LogP contribution >= 0.6 is 0 Å². The van der Waals surface area contributed by atoms with Crippen molar-refractivity contribution < 1.29 is 4.42 Å². The number of benzene rings is 1. The van der Waals surface area contributed by atoms with E-state index in [4.69, 9.17) is 10.2 Å². The summed E-state index contributed by atoms with van der Waals surface area (Å²) < 4.78 is 5.87. The Morgan fingerprint density at radius 1 is 1.42 bits per heavy atom. The van der Waals surface area contributed by atoms with Gasteiger partial charge in [-0.15, -0.1) is 0 Å². The molecule has 0 saturated carbocycles. The van der Waals surface area contributed by atoms with Gasteiger partial charge in [-0.25, -0.2) is 0 Å². The second-order valence-corrected chi connectivity index (χ2v) is 5.35. The van der Waals surface area contributed by atoms with Crippen LogP contribution in [-0.4, -0.2) is 24.1 Å². The molecular weight excluding hydrogens is 238 g/mol. The smallest absolute Gasteiger partial charge is 0.298 e. The zero-order valence-electron chi connectivity index (χ0n) is 11.4. The fourth-order valence-corrected chi connectivity index (χ4v) is 2.96. The van der Waals surface area contributed by atoms with Crippen LogP contribution < -0.4 is 10.6 Å². The maximum absolute atomic E-state index is 5.93. The standard InChI is InChI=1S/C15H21N3O/c1-2-11-7-8-18(12(9-11)10-16)15-17-13-5-3-4-6-14(13)19-15/h3-6,11-12H,2,7-10,16H2,1H3. The van der Waals surface area contributed by atoms with Crippen molar-refractivity contribution in [1.29, 1.82) is 0 Å². The molecule has 3 rings (SSSR count). The number of para-hydroxylation sites is 2. The number of anilines is 1. The molecule has 0 amide bonds. The molecule has 4 heteroatoms. The van der Waals surface area contributed by atoms with E-state index in [-0.39, 0.29) is 0 Å². The van der Waals surface area contributed by atoms with Crippen molar-refractivity contribution in [3.63, 3.8) is 0 Å². The lowest BCUT2D eigenvalue weighted by Gasteiger charge is -2.37. The SMILES string of the molecule is CCC1CCN(c2nc3ccccc3o2)C(CN)C1. The van der Waals surface area contributed by atoms with E-state index in [1.807, 2.05) is 24.3 Å². The summed E-state index contributed by atoms with van der Waals surface area (Å²) in [7, 11) is 0. The Hall–Kier alpha value is -1.55. The molecule has 19 heavy (non-hydrogen) atoms. The van der Waals surface area contributed by atoms with Crippen LogP contribution in [-0.2, 0) is 0 Å². The monoisotopic (exact) mass is 259 g/mol. The van der Waals surface area contributed by atoms with Crippen molar-refractivity contribution in [1.82, 2.24) is 4.98 Å². The summed E-state index contributed by atoms with van der Waals surface area (Å²) in [6.45, 7) is 3.91. The molecule has 4 nitrogen and oxygen atoms in total. The topological polar surface area (TPSA) is 55.3 Å². The van der Waals surface area contributed by atoms with E-state index in [1.165, 1.54) is 12.8 Å². The van der Waals surface area contributed by atoms with Crippen LogP contribution in [0.2, 0.25) is 0 Å². The van der Waals surface area contributed by atoms with Crippen molar-refractivity contribution in [2.24, 2.45) is 11.7 Å². The molecule has 2 heterocycles. The molecule has 0 spiro atoms. The summed E-state index contributed by atoms with van der Waals surface area (Å²) in [5.41, 5.74) is 7.71. The minimum atomic E-state index is 0.353. The summed E-state index contributed by atoms with van der Waals surface area (Å²) in [5, 5.41) is 0. The summed E-state index contributed by atoms with van der Waals surface area (Å²) >= 11 is 0. The first kappa shape index (κ1) is 12.5. The molecule has 2 aromatic rings. The summed E-state index contributed by atoms with van der Waals surface area (Å²) in [6, 6.07) is 8.98. The third kappa shape index (κ3) is 2.32. The van der Waals surface area contributed by atoms with Crippen LogP contribution in [0.3, 0.4) is 0 Å². The second-order valence-electron chi connectivity index (χ2n) is 5.35. The zero-order chi connectivity index (χ0) is 13.2. The molecule has 1 aliphatic rings. The first-order valence-electron chi connectivity index (χ1n) is 7.14. The predicted molar refractivity (Wildman–Crippen MR) is 77.2 cm³/mol. The lowest BCUT2D eigenvalue weighted by molar-refractivity contribution is 0.323. The lowest BCUT2D eigenvalue weighted by Crippen LogP contribution is -2.46. The second kappa shape index (κ2) is 5.21. The Labute approximate surface area is 113 Å². The summed E-state index contributed by atoms with van der Waals surface area (Å²) in [4.78, 5) is 6.83. The fourth-order valence-electron chi connectivity index (χ4n) is 2.96. The molecular formula is C15H21N3O. The highest BCUT2D eigenvalue weighted by atomic mass is 16.4. The van der Waals surface area contributed by atoms with Crippen LogP contribution in [0.25, 0.3) is 11.1 Å². The largest absolute Gasteiger partial charge is 0.423 e. The highest BCUT2D eigenvalue weighted by Crippen LogP contribution is 2.30. The zero-order valence-corrected chi connectivity index (χ0v) is 11.4. The van der Waals surface area contributed by atoms with Crippen molar-refractivity contribution in [3.05, 3.63) is 24.3 Å². The van der Waals surface area contributed by atoms with Gasteiger partial charge in [0.15, 0.2) is 5.58 Å². The van der Waals surface area contributed by atoms with Gasteiger partial charge in [0.05, 0.1) is 0 Å². The van der Waals surface area contributed by atoms with Gasteiger partial charge in [0.2, 0.25) is 0 Å². The van der Waals surface area contributed by atoms with Gasteiger partial charge in [-0.1, -0.05) is 25.5 Å². The quantitative estimate of drug-likeness (QED) is 0.921. The van der Waals surface area contributed by atoms with E-state index >= 15 is 0 Å². The third-order valence-electron chi connectivity index (χ3n) is 4.20. The maximum atomic E-state index is 5.93. The molecule has 1 fully saturated rings. The van der Waals surface area contributed by atoms with E-state index in [0.29, 0.717) is 12.6 Å². The average molecular weight is 259 g/mol. The van der Waals surface area contributed by atoms with E-state index in [0.717, 1.165) is 36.0 Å². The van der Waals surface area contributed by atoms with Crippen LogP contribution in [0, 0.1) is 5.92 Å². The molecule has 102 valence electrons. The number of nitrogens with two attached hydrogens (primary N) is 1. The Kier molecular flexibility index (Phi) is 3.42. The Bertz CT molecular complexity index is 518. The van der Waals surface area contributed by atoms with Crippen molar-refractivity contribution in [2.75, 3.05) is 18.0 Å². The lowest BCUT2D eigenvalue weighted by atomic mass is 9.89. The van der Waals surface area contributed by atoms with Gasteiger partial charge in [-0.2, -0.15) is 4.98 Å². The molecule has 1 saturated heterocycles. The Balaban J connectivity index is 1.87. The molecule has 1 aromatic carbocycles. The number of fused-ring (bicyclic) bond motifs is 1. The van der Waals surface area contributed by atoms with Crippen LogP contribution in [0.15, 0.2) is 28.7 Å². The first-order chi connectivity index (χ1) is 9.31. The van der Waals surface area contributed by atoms with Gasteiger partial charge >= 0.3 is 0 Å². The molecule has 1 aromatic heterocycles. The molecule has 0 aliphatic carbocycles. The molecule has 1 aliphatic heterocycles. The summed E-state index contributed by atoms with van der Waals surface area (Å²) in [5.74, 6) is 0.786. The average Bonchev–Trinajstić information content (AvgIpc) is 2.90. The van der Waals surface area contributed by atoms with Crippen molar-refractivity contribution in [3.8, 4) is 0 Å². The minimum absolute atomic E-state index is 0.353. The first-order valence-corrected chi connectivity index (χ1v) is 7.14. The number of rotatable bonds is 3.